The Kier molecular flexibility index (Phi) is 4.59. The molecule has 0 aliphatic rings. The van der Waals surface area contributed by atoms with Crippen molar-refractivity contribution >= 4 is 34.6 Å². The summed E-state index contributed by atoms with van der Waals surface area (Å²) in [6, 6.07) is 6.11. The molecule has 0 bridgehead atoms. The highest BCUT2D eigenvalue weighted by Crippen LogP contribution is 2.31. The normalized spacial score (nSPS) is 10.5. The van der Waals surface area contributed by atoms with Gasteiger partial charge in [0, 0.05) is 24.2 Å². The zero-order chi connectivity index (χ0) is 15.6. The van der Waals surface area contributed by atoms with Crippen molar-refractivity contribution in [2.45, 2.75) is 6.54 Å². The molecule has 0 radical (unpaired) electrons. The van der Waals surface area contributed by atoms with Crippen molar-refractivity contribution < 1.29 is 13.7 Å². The van der Waals surface area contributed by atoms with Gasteiger partial charge in [0.1, 0.15) is 5.82 Å². The third-order valence-electron chi connectivity index (χ3n) is 2.73. The Morgan fingerprint density at radius 2 is 1.76 bits per heavy atom. The summed E-state index contributed by atoms with van der Waals surface area (Å²) in [5.74, 6) is -2.12. The zero-order valence-corrected chi connectivity index (χ0v) is 11.9. The van der Waals surface area contributed by atoms with Gasteiger partial charge in [-0.25, -0.2) is 4.39 Å². The van der Waals surface area contributed by atoms with Crippen LogP contribution in [0.5, 0.6) is 0 Å². The molecule has 2 aromatic carbocycles. The standard InChI is InChI=1S/C13H8Cl2F2N2O2/c14-8-2-1-3-9(15)13(8)18-6-7-4-12(19(20)21)11(17)5-10(7)16/h1-5,18H,6H2. The SMILES string of the molecule is O=[N+]([O-])c1cc(CNc2c(Cl)cccc2Cl)c(F)cc1F. The lowest BCUT2D eigenvalue weighted by molar-refractivity contribution is -0.387. The monoisotopic (exact) mass is 332 g/mol. The minimum absolute atomic E-state index is 0.0703. The van der Waals surface area contributed by atoms with E-state index in [0.717, 1.165) is 6.07 Å². The second kappa shape index (κ2) is 6.24. The van der Waals surface area contributed by atoms with E-state index in [4.69, 9.17) is 23.2 Å². The quantitative estimate of drug-likeness (QED) is 0.646. The molecule has 110 valence electrons. The van der Waals surface area contributed by atoms with Crippen molar-refractivity contribution in [1.82, 2.24) is 0 Å². The largest absolute Gasteiger partial charge is 0.378 e. The minimum atomic E-state index is -1.22. The molecule has 0 spiro atoms. The molecule has 0 unspecified atom stereocenters. The molecule has 0 saturated heterocycles. The average Bonchev–Trinajstić information content (AvgIpc) is 2.39. The van der Waals surface area contributed by atoms with Gasteiger partial charge in [0.05, 0.1) is 20.7 Å². The summed E-state index contributed by atoms with van der Waals surface area (Å²) in [6.45, 7) is -0.129. The number of benzene rings is 2. The third-order valence-corrected chi connectivity index (χ3v) is 3.36. The molecular formula is C13H8Cl2F2N2O2. The van der Waals surface area contributed by atoms with Gasteiger partial charge in [-0.2, -0.15) is 4.39 Å². The van der Waals surface area contributed by atoms with Gasteiger partial charge in [0.2, 0.25) is 5.82 Å². The summed E-state index contributed by atoms with van der Waals surface area (Å²) in [7, 11) is 0. The summed E-state index contributed by atoms with van der Waals surface area (Å²) < 4.78 is 26.9. The smallest absolute Gasteiger partial charge is 0.305 e. The van der Waals surface area contributed by atoms with Crippen LogP contribution in [0.1, 0.15) is 5.56 Å². The van der Waals surface area contributed by atoms with E-state index in [0.29, 0.717) is 21.8 Å². The maximum atomic E-state index is 13.6. The van der Waals surface area contributed by atoms with Gasteiger partial charge in [0.25, 0.3) is 0 Å². The Labute approximate surface area is 128 Å². The van der Waals surface area contributed by atoms with Gasteiger partial charge >= 0.3 is 5.69 Å². The molecule has 0 amide bonds. The van der Waals surface area contributed by atoms with E-state index in [1.807, 2.05) is 0 Å². The fourth-order valence-corrected chi connectivity index (χ4v) is 2.24. The molecule has 2 rings (SSSR count). The molecule has 21 heavy (non-hydrogen) atoms. The van der Waals surface area contributed by atoms with Crippen LogP contribution in [0.15, 0.2) is 30.3 Å². The van der Waals surface area contributed by atoms with E-state index >= 15 is 0 Å². The van der Waals surface area contributed by atoms with Gasteiger partial charge in [-0.1, -0.05) is 29.3 Å². The number of halogens is 4. The minimum Gasteiger partial charge on any atom is -0.378 e. The molecular weight excluding hydrogens is 325 g/mol. The second-order valence-electron chi connectivity index (χ2n) is 4.10. The number of hydrogen-bond acceptors (Lipinski definition) is 3. The van der Waals surface area contributed by atoms with E-state index in [-0.39, 0.29) is 12.1 Å². The van der Waals surface area contributed by atoms with E-state index in [1.165, 1.54) is 0 Å². The molecule has 0 aliphatic carbocycles. The van der Waals surface area contributed by atoms with E-state index in [9.17, 15) is 18.9 Å². The molecule has 8 heteroatoms. The van der Waals surface area contributed by atoms with Crippen molar-refractivity contribution in [3.8, 4) is 0 Å². The Morgan fingerprint density at radius 1 is 1.14 bits per heavy atom. The summed E-state index contributed by atoms with van der Waals surface area (Å²) in [5.41, 5.74) is -0.496. The van der Waals surface area contributed by atoms with Crippen molar-refractivity contribution in [3.63, 3.8) is 0 Å². The fraction of sp³-hybridized carbons (Fsp3) is 0.0769. The lowest BCUT2D eigenvalue weighted by Gasteiger charge is -2.11. The van der Waals surface area contributed by atoms with Crippen LogP contribution in [-0.2, 0) is 6.54 Å². The Balaban J connectivity index is 2.28. The third kappa shape index (κ3) is 3.40. The van der Waals surface area contributed by atoms with Crippen LogP contribution in [0, 0.1) is 21.7 Å². The number of nitrogens with zero attached hydrogens (tertiary/aromatic N) is 1. The topological polar surface area (TPSA) is 55.2 Å². The Morgan fingerprint density at radius 3 is 2.33 bits per heavy atom. The number of hydrogen-bond donors (Lipinski definition) is 1. The first kappa shape index (κ1) is 15.5. The molecule has 4 nitrogen and oxygen atoms in total. The van der Waals surface area contributed by atoms with Gasteiger partial charge in [-0.15, -0.1) is 0 Å². The number of para-hydroxylation sites is 1. The first-order valence-electron chi connectivity index (χ1n) is 5.70. The molecule has 0 atom stereocenters. The number of anilines is 1. The summed E-state index contributed by atoms with van der Waals surface area (Å²) in [4.78, 5) is 9.73. The van der Waals surface area contributed by atoms with E-state index < -0.39 is 22.2 Å². The highest BCUT2D eigenvalue weighted by atomic mass is 35.5. The van der Waals surface area contributed by atoms with Crippen LogP contribution in [-0.4, -0.2) is 4.92 Å². The van der Waals surface area contributed by atoms with Crippen LogP contribution in [0.3, 0.4) is 0 Å². The maximum Gasteiger partial charge on any atom is 0.305 e. The average molecular weight is 333 g/mol. The second-order valence-corrected chi connectivity index (χ2v) is 4.92. The number of nitrogens with one attached hydrogen (secondary N) is 1. The van der Waals surface area contributed by atoms with Crippen LogP contribution >= 0.6 is 23.2 Å². The summed E-state index contributed by atoms with van der Waals surface area (Å²) in [5, 5.41) is 14.1. The number of rotatable bonds is 4. The first-order chi connectivity index (χ1) is 9.90. The molecule has 2 aromatic rings. The van der Waals surface area contributed by atoms with E-state index in [1.54, 1.807) is 18.2 Å². The van der Waals surface area contributed by atoms with Crippen LogP contribution < -0.4 is 5.32 Å². The predicted molar refractivity (Wildman–Crippen MR) is 76.8 cm³/mol. The van der Waals surface area contributed by atoms with Gasteiger partial charge in [0.15, 0.2) is 0 Å². The Bertz CT molecular complexity index is 691. The highest BCUT2D eigenvalue weighted by molar-refractivity contribution is 6.39. The highest BCUT2D eigenvalue weighted by Gasteiger charge is 2.18. The van der Waals surface area contributed by atoms with Crippen molar-refractivity contribution in [1.29, 1.82) is 0 Å². The van der Waals surface area contributed by atoms with Gasteiger partial charge < -0.3 is 5.32 Å². The van der Waals surface area contributed by atoms with Gasteiger partial charge in [-0.3, -0.25) is 10.1 Å². The van der Waals surface area contributed by atoms with Crippen molar-refractivity contribution in [3.05, 3.63) is 67.7 Å². The lowest BCUT2D eigenvalue weighted by Crippen LogP contribution is -2.05. The van der Waals surface area contributed by atoms with Crippen LogP contribution in [0.25, 0.3) is 0 Å². The van der Waals surface area contributed by atoms with Gasteiger partial charge in [-0.05, 0) is 12.1 Å². The van der Waals surface area contributed by atoms with Crippen molar-refractivity contribution in [2.24, 2.45) is 0 Å². The van der Waals surface area contributed by atoms with Crippen molar-refractivity contribution in [2.75, 3.05) is 5.32 Å². The molecule has 0 aliphatic heterocycles. The molecule has 0 fully saturated rings. The molecule has 0 heterocycles. The molecule has 0 saturated carbocycles. The zero-order valence-electron chi connectivity index (χ0n) is 10.4. The number of nitro groups is 1. The predicted octanol–water partition coefficient (Wildman–Crippen LogP) is 4.79. The number of nitro benzene ring substituents is 1. The lowest BCUT2D eigenvalue weighted by atomic mass is 10.1. The first-order valence-corrected chi connectivity index (χ1v) is 6.46. The molecule has 1 N–H and O–H groups in total. The van der Waals surface area contributed by atoms with Crippen LogP contribution in [0.4, 0.5) is 20.2 Å². The summed E-state index contributed by atoms with van der Waals surface area (Å²) >= 11 is 11.9. The molecule has 0 aromatic heterocycles. The van der Waals surface area contributed by atoms with Crippen LogP contribution in [0.2, 0.25) is 10.0 Å². The summed E-state index contributed by atoms with van der Waals surface area (Å²) in [6.07, 6.45) is 0. The Hall–Kier alpha value is -1.92. The van der Waals surface area contributed by atoms with E-state index in [2.05, 4.69) is 5.32 Å². The fourth-order valence-electron chi connectivity index (χ4n) is 1.71. The maximum absolute atomic E-state index is 13.6.